The lowest BCUT2D eigenvalue weighted by Gasteiger charge is -2.27. The molecular formula is C20H26N2O. The molecule has 2 aromatic carbocycles. The van der Waals surface area contributed by atoms with Crippen LogP contribution in [0.25, 0.3) is 0 Å². The summed E-state index contributed by atoms with van der Waals surface area (Å²) in [6.07, 6.45) is 0.947. The first-order chi connectivity index (χ1) is 11.3. The predicted octanol–water partition coefficient (Wildman–Crippen LogP) is 3.02. The summed E-state index contributed by atoms with van der Waals surface area (Å²) >= 11 is 0. The molecule has 1 heterocycles. The molecule has 1 saturated heterocycles. The number of hydrogen-bond donors (Lipinski definition) is 1. The van der Waals surface area contributed by atoms with E-state index in [0.29, 0.717) is 0 Å². The normalized spacial score (nSPS) is 15.5. The van der Waals surface area contributed by atoms with E-state index in [2.05, 4.69) is 47.5 Å². The number of ether oxygens (including phenoxy) is 1. The summed E-state index contributed by atoms with van der Waals surface area (Å²) in [5.74, 6) is 0.989. The van der Waals surface area contributed by atoms with Crippen molar-refractivity contribution < 1.29 is 4.74 Å². The first-order valence-electron chi connectivity index (χ1n) is 8.50. The number of hydrogen-bond acceptors (Lipinski definition) is 3. The lowest BCUT2D eigenvalue weighted by molar-refractivity contribution is 0.233. The Labute approximate surface area is 139 Å². The molecule has 1 fully saturated rings. The topological polar surface area (TPSA) is 24.5 Å². The van der Waals surface area contributed by atoms with Gasteiger partial charge in [-0.15, -0.1) is 0 Å². The van der Waals surface area contributed by atoms with Crippen molar-refractivity contribution in [1.82, 2.24) is 10.2 Å². The van der Waals surface area contributed by atoms with Gasteiger partial charge in [-0.3, -0.25) is 4.90 Å². The summed E-state index contributed by atoms with van der Waals surface area (Å²) in [7, 11) is 0. The van der Waals surface area contributed by atoms with Gasteiger partial charge in [-0.25, -0.2) is 0 Å². The number of para-hydroxylation sites is 1. The van der Waals surface area contributed by atoms with Crippen LogP contribution in [0, 0.1) is 6.92 Å². The number of aryl methyl sites for hydroxylation is 1. The van der Waals surface area contributed by atoms with E-state index in [1.165, 1.54) is 16.7 Å². The number of piperazine rings is 1. The van der Waals surface area contributed by atoms with Gasteiger partial charge in [-0.05, 0) is 29.7 Å². The standard InChI is InChI=1S/C20H26N2O/c1-17-4-2-3-5-20(17)23-15-10-18-6-8-19(9-7-18)16-22-13-11-21-12-14-22/h2-9,21H,10-16H2,1H3. The maximum Gasteiger partial charge on any atom is 0.122 e. The monoisotopic (exact) mass is 310 g/mol. The zero-order valence-electron chi connectivity index (χ0n) is 13.9. The third-order valence-electron chi connectivity index (χ3n) is 4.38. The fourth-order valence-electron chi connectivity index (χ4n) is 2.94. The Kier molecular flexibility index (Phi) is 5.67. The van der Waals surface area contributed by atoms with Crippen LogP contribution in [0.15, 0.2) is 48.5 Å². The number of benzene rings is 2. The Hall–Kier alpha value is -1.84. The maximum absolute atomic E-state index is 5.88. The smallest absolute Gasteiger partial charge is 0.122 e. The summed E-state index contributed by atoms with van der Waals surface area (Å²) in [5, 5.41) is 3.39. The van der Waals surface area contributed by atoms with E-state index in [9.17, 15) is 0 Å². The Morgan fingerprint density at radius 1 is 0.957 bits per heavy atom. The van der Waals surface area contributed by atoms with Crippen LogP contribution < -0.4 is 10.1 Å². The van der Waals surface area contributed by atoms with E-state index in [-0.39, 0.29) is 0 Å². The van der Waals surface area contributed by atoms with Gasteiger partial charge in [0.2, 0.25) is 0 Å². The van der Waals surface area contributed by atoms with Gasteiger partial charge >= 0.3 is 0 Å². The minimum atomic E-state index is 0.724. The van der Waals surface area contributed by atoms with Crippen molar-refractivity contribution in [3.63, 3.8) is 0 Å². The average molecular weight is 310 g/mol. The zero-order chi connectivity index (χ0) is 15.9. The summed E-state index contributed by atoms with van der Waals surface area (Å²) in [6.45, 7) is 8.37. The van der Waals surface area contributed by atoms with Crippen LogP contribution in [0.4, 0.5) is 0 Å². The first kappa shape index (κ1) is 16.0. The molecule has 23 heavy (non-hydrogen) atoms. The maximum atomic E-state index is 5.88. The lowest BCUT2D eigenvalue weighted by atomic mass is 10.1. The van der Waals surface area contributed by atoms with E-state index >= 15 is 0 Å². The zero-order valence-corrected chi connectivity index (χ0v) is 13.9. The molecule has 3 rings (SSSR count). The summed E-state index contributed by atoms with van der Waals surface area (Å²) in [5.41, 5.74) is 3.93. The highest BCUT2D eigenvalue weighted by Gasteiger charge is 2.09. The second-order valence-corrected chi connectivity index (χ2v) is 6.21. The van der Waals surface area contributed by atoms with Crippen LogP contribution in [0.2, 0.25) is 0 Å². The highest BCUT2D eigenvalue weighted by Crippen LogP contribution is 2.16. The van der Waals surface area contributed by atoms with Crippen molar-refractivity contribution in [3.8, 4) is 5.75 Å². The molecule has 0 radical (unpaired) electrons. The molecule has 1 aliphatic rings. The van der Waals surface area contributed by atoms with Crippen molar-refractivity contribution >= 4 is 0 Å². The van der Waals surface area contributed by atoms with Crippen LogP contribution in [-0.4, -0.2) is 37.7 Å². The first-order valence-corrected chi connectivity index (χ1v) is 8.50. The Morgan fingerprint density at radius 2 is 1.65 bits per heavy atom. The minimum Gasteiger partial charge on any atom is -0.493 e. The van der Waals surface area contributed by atoms with Crippen molar-refractivity contribution in [2.75, 3.05) is 32.8 Å². The van der Waals surface area contributed by atoms with E-state index < -0.39 is 0 Å². The number of nitrogens with zero attached hydrogens (tertiary/aromatic N) is 1. The Bertz CT molecular complexity index is 603. The fraction of sp³-hybridized carbons (Fsp3) is 0.400. The quantitative estimate of drug-likeness (QED) is 0.887. The van der Waals surface area contributed by atoms with Gasteiger partial charge in [0.1, 0.15) is 5.75 Å². The molecule has 1 aliphatic heterocycles. The van der Waals surface area contributed by atoms with Gasteiger partial charge in [0, 0.05) is 39.1 Å². The highest BCUT2D eigenvalue weighted by molar-refractivity contribution is 5.31. The molecule has 3 heteroatoms. The minimum absolute atomic E-state index is 0.724. The highest BCUT2D eigenvalue weighted by atomic mass is 16.5. The van der Waals surface area contributed by atoms with Crippen LogP contribution >= 0.6 is 0 Å². The van der Waals surface area contributed by atoms with Crippen LogP contribution in [-0.2, 0) is 13.0 Å². The second kappa shape index (κ2) is 8.14. The van der Waals surface area contributed by atoms with Gasteiger partial charge in [0.15, 0.2) is 0 Å². The molecule has 0 aromatic heterocycles. The van der Waals surface area contributed by atoms with Crippen LogP contribution in [0.3, 0.4) is 0 Å². The van der Waals surface area contributed by atoms with Crippen molar-refractivity contribution in [3.05, 3.63) is 65.2 Å². The SMILES string of the molecule is Cc1ccccc1OCCc1ccc(CN2CCNCC2)cc1. The summed E-state index contributed by atoms with van der Waals surface area (Å²) in [6, 6.07) is 17.2. The largest absolute Gasteiger partial charge is 0.493 e. The third kappa shape index (κ3) is 4.81. The van der Waals surface area contributed by atoms with Gasteiger partial charge in [0.05, 0.1) is 6.61 Å². The summed E-state index contributed by atoms with van der Waals surface area (Å²) < 4.78 is 5.88. The average Bonchev–Trinajstić information content (AvgIpc) is 2.59. The van der Waals surface area contributed by atoms with Crippen LogP contribution in [0.5, 0.6) is 5.75 Å². The fourth-order valence-corrected chi connectivity index (χ4v) is 2.94. The van der Waals surface area contributed by atoms with E-state index in [0.717, 1.165) is 51.5 Å². The molecule has 0 atom stereocenters. The summed E-state index contributed by atoms with van der Waals surface area (Å²) in [4.78, 5) is 2.51. The van der Waals surface area contributed by atoms with E-state index in [1.54, 1.807) is 0 Å². The molecule has 0 amide bonds. The van der Waals surface area contributed by atoms with Crippen LogP contribution in [0.1, 0.15) is 16.7 Å². The van der Waals surface area contributed by atoms with E-state index in [1.807, 2.05) is 18.2 Å². The van der Waals surface area contributed by atoms with Crippen molar-refractivity contribution in [1.29, 1.82) is 0 Å². The van der Waals surface area contributed by atoms with Gasteiger partial charge in [0.25, 0.3) is 0 Å². The van der Waals surface area contributed by atoms with Crippen molar-refractivity contribution in [2.45, 2.75) is 19.9 Å². The Balaban J connectivity index is 1.46. The molecule has 0 unspecified atom stereocenters. The molecule has 122 valence electrons. The molecule has 0 bridgehead atoms. The van der Waals surface area contributed by atoms with Gasteiger partial charge in [-0.2, -0.15) is 0 Å². The molecule has 0 spiro atoms. The predicted molar refractivity (Wildman–Crippen MR) is 95.0 cm³/mol. The number of nitrogens with one attached hydrogen (secondary N) is 1. The Morgan fingerprint density at radius 3 is 2.39 bits per heavy atom. The molecular weight excluding hydrogens is 284 g/mol. The van der Waals surface area contributed by atoms with E-state index in [4.69, 9.17) is 4.74 Å². The van der Waals surface area contributed by atoms with Crippen molar-refractivity contribution in [2.24, 2.45) is 0 Å². The number of rotatable bonds is 6. The molecule has 0 aliphatic carbocycles. The lowest BCUT2D eigenvalue weighted by Crippen LogP contribution is -2.42. The molecule has 0 saturated carbocycles. The third-order valence-corrected chi connectivity index (χ3v) is 4.38. The molecule has 3 nitrogen and oxygen atoms in total. The molecule has 1 N–H and O–H groups in total. The van der Waals surface area contributed by atoms with Gasteiger partial charge in [-0.1, -0.05) is 42.5 Å². The van der Waals surface area contributed by atoms with Gasteiger partial charge < -0.3 is 10.1 Å². The molecule has 2 aromatic rings. The second-order valence-electron chi connectivity index (χ2n) is 6.21.